The standard InChI is InChI=1S/C15H28N4O4.CH4/c1-4-8(5-2)12(18-7(3)20)11-10(19-15(16)17)6-9(13(11)21)14(22)23;/h8-13,21H,4-6H2,1-3H3,(H,18,20)(H,22,23)(H4,16,17,19);1H4/t9-,10+,11+,12?,13+;/m0./s1. The Morgan fingerprint density at radius 3 is 2.21 bits per heavy atom. The molecule has 5 atom stereocenters. The Kier molecular flexibility index (Phi) is 8.74. The number of nitrogens with two attached hydrogens (primary N) is 2. The summed E-state index contributed by atoms with van der Waals surface area (Å²) in [4.78, 5) is 27.1. The zero-order chi connectivity index (χ0) is 17.7. The van der Waals surface area contributed by atoms with Crippen LogP contribution in [-0.2, 0) is 9.59 Å². The number of aliphatic hydroxyl groups excluding tert-OH is 1. The number of carboxylic acid groups (broad SMARTS) is 1. The Morgan fingerprint density at radius 2 is 1.83 bits per heavy atom. The number of carbonyl (C=O) groups excluding carboxylic acids is 1. The number of hydrogen-bond donors (Lipinski definition) is 5. The van der Waals surface area contributed by atoms with Crippen molar-refractivity contribution in [2.45, 2.75) is 65.6 Å². The summed E-state index contributed by atoms with van der Waals surface area (Å²) in [5, 5.41) is 22.7. The summed E-state index contributed by atoms with van der Waals surface area (Å²) in [5.41, 5.74) is 10.9. The topological polar surface area (TPSA) is 151 Å². The molecule has 0 spiro atoms. The van der Waals surface area contributed by atoms with E-state index in [4.69, 9.17) is 11.5 Å². The lowest BCUT2D eigenvalue weighted by atomic mass is 9.80. The number of hydrogen-bond acceptors (Lipinski definition) is 4. The fraction of sp³-hybridized carbons (Fsp3) is 0.812. The van der Waals surface area contributed by atoms with Gasteiger partial charge >= 0.3 is 5.97 Å². The quantitative estimate of drug-likeness (QED) is 0.331. The van der Waals surface area contributed by atoms with Crippen molar-refractivity contribution < 1.29 is 19.8 Å². The molecule has 0 heterocycles. The maximum atomic E-state index is 11.6. The van der Waals surface area contributed by atoms with Gasteiger partial charge in [-0.15, -0.1) is 0 Å². The number of aliphatic imine (C=N–C) groups is 1. The van der Waals surface area contributed by atoms with Crippen LogP contribution < -0.4 is 16.8 Å². The van der Waals surface area contributed by atoms with E-state index in [0.29, 0.717) is 0 Å². The van der Waals surface area contributed by atoms with Gasteiger partial charge in [-0.05, 0) is 12.3 Å². The first-order valence-electron chi connectivity index (χ1n) is 7.99. The molecular formula is C16H32N4O4. The first-order chi connectivity index (χ1) is 10.7. The third kappa shape index (κ3) is 5.09. The minimum atomic E-state index is -1.11. The van der Waals surface area contributed by atoms with Crippen LogP contribution in [-0.4, -0.2) is 46.2 Å². The van der Waals surface area contributed by atoms with Crippen LogP contribution in [0, 0.1) is 17.8 Å². The number of aliphatic hydroxyl groups is 1. The van der Waals surface area contributed by atoms with Gasteiger partial charge in [0.2, 0.25) is 5.91 Å². The molecule has 8 heteroatoms. The van der Waals surface area contributed by atoms with Crippen molar-refractivity contribution in [2.24, 2.45) is 34.2 Å². The number of amides is 1. The summed E-state index contributed by atoms with van der Waals surface area (Å²) in [6.07, 6.45) is 0.612. The van der Waals surface area contributed by atoms with Crippen molar-refractivity contribution in [3.8, 4) is 0 Å². The van der Waals surface area contributed by atoms with Crippen LogP contribution in [0.15, 0.2) is 4.99 Å². The molecule has 0 saturated heterocycles. The molecule has 0 aromatic carbocycles. The first kappa shape index (κ1) is 22.2. The van der Waals surface area contributed by atoms with Gasteiger partial charge in [0.25, 0.3) is 0 Å². The number of guanidine groups is 1. The second-order valence-corrected chi connectivity index (χ2v) is 6.17. The molecule has 1 aliphatic carbocycles. The van der Waals surface area contributed by atoms with Crippen LogP contribution in [0.2, 0.25) is 0 Å². The molecule has 1 aliphatic rings. The maximum Gasteiger partial charge on any atom is 0.309 e. The molecule has 8 nitrogen and oxygen atoms in total. The van der Waals surface area contributed by atoms with Gasteiger partial charge < -0.3 is 27.0 Å². The average molecular weight is 344 g/mol. The van der Waals surface area contributed by atoms with E-state index < -0.39 is 30.0 Å². The monoisotopic (exact) mass is 344 g/mol. The van der Waals surface area contributed by atoms with Crippen LogP contribution in [0.25, 0.3) is 0 Å². The maximum absolute atomic E-state index is 11.6. The van der Waals surface area contributed by atoms with Crippen LogP contribution in [0.4, 0.5) is 0 Å². The van der Waals surface area contributed by atoms with E-state index in [2.05, 4.69) is 10.3 Å². The third-order valence-electron chi connectivity index (χ3n) is 4.72. The molecule has 0 aliphatic heterocycles. The Bertz CT molecular complexity index is 461. The number of nitrogens with one attached hydrogen (secondary N) is 1. The smallest absolute Gasteiger partial charge is 0.309 e. The molecule has 1 rings (SSSR count). The summed E-state index contributed by atoms with van der Waals surface area (Å²) in [6.45, 7) is 5.39. The van der Waals surface area contributed by atoms with E-state index in [9.17, 15) is 19.8 Å². The molecular weight excluding hydrogens is 312 g/mol. The first-order valence-corrected chi connectivity index (χ1v) is 7.99. The summed E-state index contributed by atoms with van der Waals surface area (Å²) >= 11 is 0. The van der Waals surface area contributed by atoms with Crippen LogP contribution >= 0.6 is 0 Å². The lowest BCUT2D eigenvalue weighted by molar-refractivity contribution is -0.145. The number of aliphatic carboxylic acids is 1. The summed E-state index contributed by atoms with van der Waals surface area (Å²) in [7, 11) is 0. The van der Waals surface area contributed by atoms with Crippen LogP contribution in [0.5, 0.6) is 0 Å². The highest BCUT2D eigenvalue weighted by molar-refractivity contribution is 5.76. The molecule has 1 amide bonds. The van der Waals surface area contributed by atoms with Crippen LogP contribution in [0.1, 0.15) is 47.5 Å². The van der Waals surface area contributed by atoms with E-state index in [0.717, 1.165) is 12.8 Å². The minimum absolute atomic E-state index is 0. The Hall–Kier alpha value is -1.83. The fourth-order valence-corrected chi connectivity index (χ4v) is 3.64. The van der Waals surface area contributed by atoms with Gasteiger partial charge in [0.05, 0.1) is 18.1 Å². The number of carbonyl (C=O) groups is 2. The predicted octanol–water partition coefficient (Wildman–Crippen LogP) is 0.287. The highest BCUT2D eigenvalue weighted by atomic mass is 16.4. The van der Waals surface area contributed by atoms with Gasteiger partial charge in [0.1, 0.15) is 0 Å². The van der Waals surface area contributed by atoms with E-state index in [-0.39, 0.29) is 37.7 Å². The highest BCUT2D eigenvalue weighted by Crippen LogP contribution is 2.39. The molecule has 140 valence electrons. The third-order valence-corrected chi connectivity index (χ3v) is 4.72. The average Bonchev–Trinajstić information content (AvgIpc) is 2.74. The fourth-order valence-electron chi connectivity index (χ4n) is 3.64. The number of nitrogens with zero attached hydrogens (tertiary/aromatic N) is 1. The molecule has 0 aromatic heterocycles. The SMILES string of the molecule is C.CCC(CC)C(NC(C)=O)[C@@H]1[C@H](O)[C@@H](C(=O)O)C[C@H]1N=C(N)N. The predicted molar refractivity (Wildman–Crippen MR) is 93.2 cm³/mol. The highest BCUT2D eigenvalue weighted by Gasteiger charge is 2.50. The normalized spacial score (nSPS) is 27.2. The van der Waals surface area contributed by atoms with Crippen molar-refractivity contribution in [3.63, 3.8) is 0 Å². The van der Waals surface area contributed by atoms with E-state index in [1.807, 2.05) is 13.8 Å². The molecule has 0 bridgehead atoms. The van der Waals surface area contributed by atoms with E-state index in [1.165, 1.54) is 6.92 Å². The second kappa shape index (κ2) is 9.46. The molecule has 0 radical (unpaired) electrons. The van der Waals surface area contributed by atoms with Gasteiger partial charge in [0.15, 0.2) is 5.96 Å². The molecule has 24 heavy (non-hydrogen) atoms. The molecule has 7 N–H and O–H groups in total. The van der Waals surface area contributed by atoms with E-state index >= 15 is 0 Å². The van der Waals surface area contributed by atoms with Gasteiger partial charge in [-0.25, -0.2) is 4.99 Å². The van der Waals surface area contributed by atoms with Gasteiger partial charge in [-0.2, -0.15) is 0 Å². The van der Waals surface area contributed by atoms with Crippen molar-refractivity contribution >= 4 is 17.8 Å². The van der Waals surface area contributed by atoms with Crippen molar-refractivity contribution in [2.75, 3.05) is 0 Å². The minimum Gasteiger partial charge on any atom is -0.481 e. The van der Waals surface area contributed by atoms with Gasteiger partial charge in [-0.3, -0.25) is 9.59 Å². The zero-order valence-electron chi connectivity index (χ0n) is 13.9. The lowest BCUT2D eigenvalue weighted by Gasteiger charge is -2.35. The number of rotatable bonds is 7. The Labute approximate surface area is 143 Å². The largest absolute Gasteiger partial charge is 0.481 e. The summed E-state index contributed by atoms with van der Waals surface area (Å²) < 4.78 is 0. The lowest BCUT2D eigenvalue weighted by Crippen LogP contribution is -2.51. The van der Waals surface area contributed by atoms with Crippen LogP contribution in [0.3, 0.4) is 0 Å². The second-order valence-electron chi connectivity index (χ2n) is 6.17. The van der Waals surface area contributed by atoms with Crippen molar-refractivity contribution in [3.05, 3.63) is 0 Å². The Balaban J connectivity index is 0.00000529. The zero-order valence-corrected chi connectivity index (χ0v) is 13.9. The van der Waals surface area contributed by atoms with Crippen molar-refractivity contribution in [1.29, 1.82) is 0 Å². The molecule has 1 fully saturated rings. The molecule has 1 saturated carbocycles. The summed E-state index contributed by atoms with van der Waals surface area (Å²) in [5.74, 6) is -2.84. The molecule has 1 unspecified atom stereocenters. The molecule has 0 aromatic rings. The Morgan fingerprint density at radius 1 is 1.29 bits per heavy atom. The van der Waals surface area contributed by atoms with Crippen molar-refractivity contribution in [1.82, 2.24) is 5.32 Å². The number of carboxylic acids is 1. The van der Waals surface area contributed by atoms with Gasteiger partial charge in [-0.1, -0.05) is 34.1 Å². The van der Waals surface area contributed by atoms with Gasteiger partial charge in [0, 0.05) is 18.9 Å². The van der Waals surface area contributed by atoms with E-state index in [1.54, 1.807) is 0 Å². The summed E-state index contributed by atoms with van der Waals surface area (Å²) in [6, 6.07) is -0.913.